The molecule has 18 heavy (non-hydrogen) atoms. The Kier molecular flexibility index (Phi) is 4.15. The first-order valence-corrected chi connectivity index (χ1v) is 6.32. The molecule has 0 N–H and O–H groups in total. The quantitative estimate of drug-likeness (QED) is 0.643. The number of para-hydroxylation sites is 1. The van der Waals surface area contributed by atoms with Gasteiger partial charge in [0.25, 0.3) is 0 Å². The van der Waals surface area contributed by atoms with Crippen molar-refractivity contribution in [3.63, 3.8) is 0 Å². The number of nitrogens with zero attached hydrogens (tertiary/aromatic N) is 1. The van der Waals surface area contributed by atoms with Gasteiger partial charge in [-0.3, -0.25) is 9.78 Å². The molecule has 2 rings (SSSR count). The van der Waals surface area contributed by atoms with Crippen LogP contribution in [0.2, 0.25) is 0 Å². The summed E-state index contributed by atoms with van der Waals surface area (Å²) in [7, 11) is 1.34. The first kappa shape index (κ1) is 12.8. The minimum atomic E-state index is -0.485. The summed E-state index contributed by atoms with van der Waals surface area (Å²) in [4.78, 5) is 15.0. The van der Waals surface area contributed by atoms with Crippen LogP contribution in [-0.2, 0) is 9.53 Å². The fourth-order valence-corrected chi connectivity index (χ4v) is 1.87. The number of benzene rings is 1. The second-order valence-electron chi connectivity index (χ2n) is 3.63. The second-order valence-corrected chi connectivity index (χ2v) is 4.74. The molecule has 0 fully saturated rings. The van der Waals surface area contributed by atoms with Crippen LogP contribution >= 0.6 is 15.9 Å². The Balaban J connectivity index is 2.15. The van der Waals surface area contributed by atoms with Crippen molar-refractivity contribution in [1.82, 2.24) is 4.98 Å². The van der Waals surface area contributed by atoms with Crippen LogP contribution in [-0.4, -0.2) is 29.5 Å². The van der Waals surface area contributed by atoms with Gasteiger partial charge in [0.15, 0.2) is 0 Å². The molecule has 0 aliphatic carbocycles. The van der Waals surface area contributed by atoms with Crippen molar-refractivity contribution in [3.8, 4) is 5.75 Å². The normalized spacial score (nSPS) is 12.1. The summed E-state index contributed by atoms with van der Waals surface area (Å²) in [6, 6.07) is 9.50. The topological polar surface area (TPSA) is 48.4 Å². The predicted molar refractivity (Wildman–Crippen MR) is 72.0 cm³/mol. The summed E-state index contributed by atoms with van der Waals surface area (Å²) in [5.74, 6) is 0.296. The highest BCUT2D eigenvalue weighted by Gasteiger charge is 2.16. The molecule has 2 aromatic rings. The van der Waals surface area contributed by atoms with Crippen LogP contribution in [0.25, 0.3) is 10.9 Å². The summed E-state index contributed by atoms with van der Waals surface area (Å²) in [6.07, 6.45) is 1.71. The van der Waals surface area contributed by atoms with Crippen LogP contribution < -0.4 is 4.74 Å². The molecule has 0 bridgehead atoms. The maximum absolute atomic E-state index is 11.2. The molecule has 0 aliphatic heterocycles. The zero-order chi connectivity index (χ0) is 13.0. The molecule has 1 unspecified atom stereocenters. The van der Waals surface area contributed by atoms with Gasteiger partial charge in [0, 0.05) is 11.6 Å². The van der Waals surface area contributed by atoms with Gasteiger partial charge in [-0.2, -0.15) is 0 Å². The molecule has 0 saturated heterocycles. The lowest BCUT2D eigenvalue weighted by molar-refractivity contribution is -0.140. The second kappa shape index (κ2) is 5.82. The summed E-state index contributed by atoms with van der Waals surface area (Å²) in [5, 5.41) is 0.999. The highest BCUT2D eigenvalue weighted by molar-refractivity contribution is 9.10. The minimum Gasteiger partial charge on any atom is -0.490 e. The molecule has 0 saturated carbocycles. The van der Waals surface area contributed by atoms with E-state index in [0.717, 1.165) is 10.9 Å². The van der Waals surface area contributed by atoms with E-state index in [1.165, 1.54) is 7.11 Å². The number of carbonyl (C=O) groups is 1. The van der Waals surface area contributed by atoms with Crippen LogP contribution in [0.4, 0.5) is 0 Å². The summed E-state index contributed by atoms with van der Waals surface area (Å²) in [6.45, 7) is 0.197. The standard InChI is InChI=1S/C13H12BrNO3/c1-17-13(16)10(14)8-18-11-6-2-4-9-5-3-7-15-12(9)11/h2-7,10H,8H2,1H3. The first-order valence-electron chi connectivity index (χ1n) is 5.41. The molecule has 0 radical (unpaired) electrons. The minimum absolute atomic E-state index is 0.197. The fourth-order valence-electron chi connectivity index (χ4n) is 1.55. The Bertz CT molecular complexity index is 553. The number of hydrogen-bond acceptors (Lipinski definition) is 4. The van der Waals surface area contributed by atoms with Gasteiger partial charge < -0.3 is 9.47 Å². The third-order valence-electron chi connectivity index (χ3n) is 2.44. The van der Waals surface area contributed by atoms with Crippen LogP contribution in [0.1, 0.15) is 0 Å². The van der Waals surface area contributed by atoms with E-state index < -0.39 is 4.83 Å². The maximum atomic E-state index is 11.2. The molecule has 0 spiro atoms. The zero-order valence-electron chi connectivity index (χ0n) is 9.80. The number of ether oxygens (including phenoxy) is 2. The lowest BCUT2D eigenvalue weighted by Crippen LogP contribution is -2.23. The van der Waals surface area contributed by atoms with Gasteiger partial charge in [-0.15, -0.1) is 0 Å². The number of pyridine rings is 1. The van der Waals surface area contributed by atoms with E-state index in [9.17, 15) is 4.79 Å². The van der Waals surface area contributed by atoms with Crippen LogP contribution in [0, 0.1) is 0 Å². The Labute approximate surface area is 113 Å². The molecule has 5 heteroatoms. The van der Waals surface area contributed by atoms with Gasteiger partial charge in [0.05, 0.1) is 7.11 Å². The Hall–Kier alpha value is -1.62. The van der Waals surface area contributed by atoms with E-state index in [2.05, 4.69) is 25.7 Å². The molecule has 4 nitrogen and oxygen atoms in total. The van der Waals surface area contributed by atoms with Crippen LogP contribution in [0.3, 0.4) is 0 Å². The highest BCUT2D eigenvalue weighted by atomic mass is 79.9. The number of aromatic nitrogens is 1. The Morgan fingerprint density at radius 1 is 1.39 bits per heavy atom. The number of rotatable bonds is 4. The van der Waals surface area contributed by atoms with E-state index in [1.807, 2.05) is 30.3 Å². The Morgan fingerprint density at radius 2 is 2.17 bits per heavy atom. The molecular formula is C13H12BrNO3. The molecule has 0 amide bonds. The molecule has 1 atom stereocenters. The number of esters is 1. The monoisotopic (exact) mass is 309 g/mol. The fraction of sp³-hybridized carbons (Fsp3) is 0.231. The summed E-state index contributed by atoms with van der Waals surface area (Å²) >= 11 is 3.21. The zero-order valence-corrected chi connectivity index (χ0v) is 11.4. The van der Waals surface area contributed by atoms with E-state index in [0.29, 0.717) is 5.75 Å². The van der Waals surface area contributed by atoms with Crippen molar-refractivity contribution in [2.24, 2.45) is 0 Å². The SMILES string of the molecule is COC(=O)C(Br)COc1cccc2cccnc12. The summed E-state index contributed by atoms with van der Waals surface area (Å²) < 4.78 is 10.2. The lowest BCUT2D eigenvalue weighted by atomic mass is 10.2. The van der Waals surface area contributed by atoms with Gasteiger partial charge in [-0.25, -0.2) is 0 Å². The number of alkyl halides is 1. The van der Waals surface area contributed by atoms with E-state index >= 15 is 0 Å². The number of methoxy groups -OCH3 is 1. The summed E-state index contributed by atoms with van der Waals surface area (Å²) in [5.41, 5.74) is 0.782. The van der Waals surface area contributed by atoms with Crippen molar-refractivity contribution in [2.45, 2.75) is 4.83 Å². The van der Waals surface area contributed by atoms with Crippen molar-refractivity contribution in [3.05, 3.63) is 36.5 Å². The van der Waals surface area contributed by atoms with Gasteiger partial charge in [0.2, 0.25) is 0 Å². The van der Waals surface area contributed by atoms with Crippen LogP contribution in [0.5, 0.6) is 5.75 Å². The molecule has 94 valence electrons. The molecule has 0 aliphatic rings. The Morgan fingerprint density at radius 3 is 2.94 bits per heavy atom. The van der Waals surface area contributed by atoms with Crippen molar-refractivity contribution >= 4 is 32.8 Å². The maximum Gasteiger partial charge on any atom is 0.322 e. The first-order chi connectivity index (χ1) is 8.72. The number of hydrogen-bond donors (Lipinski definition) is 0. The number of fused-ring (bicyclic) bond motifs is 1. The molecule has 1 aromatic carbocycles. The molecular weight excluding hydrogens is 298 g/mol. The van der Waals surface area contributed by atoms with Crippen molar-refractivity contribution in [2.75, 3.05) is 13.7 Å². The number of carbonyl (C=O) groups excluding carboxylic acids is 1. The lowest BCUT2D eigenvalue weighted by Gasteiger charge is -2.11. The van der Waals surface area contributed by atoms with E-state index in [4.69, 9.17) is 4.74 Å². The average molecular weight is 310 g/mol. The highest BCUT2D eigenvalue weighted by Crippen LogP contribution is 2.23. The van der Waals surface area contributed by atoms with Crippen molar-refractivity contribution < 1.29 is 14.3 Å². The van der Waals surface area contributed by atoms with E-state index in [-0.39, 0.29) is 12.6 Å². The number of halogens is 1. The van der Waals surface area contributed by atoms with Gasteiger partial charge in [-0.1, -0.05) is 34.1 Å². The molecule has 1 heterocycles. The predicted octanol–water partition coefficient (Wildman–Crippen LogP) is 2.55. The van der Waals surface area contributed by atoms with Crippen LogP contribution in [0.15, 0.2) is 36.5 Å². The van der Waals surface area contributed by atoms with Gasteiger partial charge in [-0.05, 0) is 12.1 Å². The largest absolute Gasteiger partial charge is 0.490 e. The molecule has 1 aromatic heterocycles. The average Bonchev–Trinajstić information content (AvgIpc) is 2.43. The smallest absolute Gasteiger partial charge is 0.322 e. The van der Waals surface area contributed by atoms with E-state index in [1.54, 1.807) is 6.20 Å². The van der Waals surface area contributed by atoms with Gasteiger partial charge in [0.1, 0.15) is 22.7 Å². The third-order valence-corrected chi connectivity index (χ3v) is 3.08. The van der Waals surface area contributed by atoms with Crippen molar-refractivity contribution in [1.29, 1.82) is 0 Å². The third kappa shape index (κ3) is 2.79. The van der Waals surface area contributed by atoms with Gasteiger partial charge >= 0.3 is 5.97 Å².